The standard InChI is InChI=1S/C16H22N2O3S/c1-12(2)21-9-15(17)11-22(19,20)10-13-7-14-5-3-4-6-16(14)18-8-13/h3-8,12,15H,9-11,17H2,1-2H3/t15-/m0/s1. The molecule has 5 nitrogen and oxygen atoms in total. The number of fused-ring (bicyclic) bond motifs is 1. The average molecular weight is 322 g/mol. The highest BCUT2D eigenvalue weighted by atomic mass is 32.2. The van der Waals surface area contributed by atoms with E-state index in [9.17, 15) is 8.42 Å². The molecule has 0 aliphatic heterocycles. The minimum atomic E-state index is -3.30. The molecule has 0 aliphatic carbocycles. The van der Waals surface area contributed by atoms with Crippen LogP contribution in [0.1, 0.15) is 19.4 Å². The molecule has 1 atom stereocenters. The number of sulfone groups is 1. The molecule has 0 bridgehead atoms. The first kappa shape index (κ1) is 16.9. The van der Waals surface area contributed by atoms with Crippen LogP contribution in [0.5, 0.6) is 0 Å². The van der Waals surface area contributed by atoms with Gasteiger partial charge in [-0.2, -0.15) is 0 Å². The molecule has 0 saturated carbocycles. The summed E-state index contributed by atoms with van der Waals surface area (Å²) in [6.07, 6.45) is 1.65. The van der Waals surface area contributed by atoms with Crippen molar-refractivity contribution in [1.82, 2.24) is 4.98 Å². The first-order chi connectivity index (χ1) is 10.4. The molecule has 0 unspecified atom stereocenters. The zero-order chi connectivity index (χ0) is 16.2. The van der Waals surface area contributed by atoms with Crippen LogP contribution in [-0.4, -0.2) is 37.9 Å². The van der Waals surface area contributed by atoms with Crippen molar-refractivity contribution >= 4 is 20.7 Å². The van der Waals surface area contributed by atoms with Crippen LogP contribution in [0.15, 0.2) is 36.5 Å². The highest BCUT2D eigenvalue weighted by Gasteiger charge is 2.18. The zero-order valence-corrected chi connectivity index (χ0v) is 13.7. The Morgan fingerprint density at radius 1 is 1.27 bits per heavy atom. The molecule has 22 heavy (non-hydrogen) atoms. The van der Waals surface area contributed by atoms with Gasteiger partial charge < -0.3 is 10.5 Å². The van der Waals surface area contributed by atoms with Crippen LogP contribution in [0, 0.1) is 0 Å². The van der Waals surface area contributed by atoms with Crippen molar-refractivity contribution in [2.45, 2.75) is 31.7 Å². The molecule has 0 amide bonds. The van der Waals surface area contributed by atoms with E-state index < -0.39 is 15.9 Å². The molecule has 0 fully saturated rings. The third kappa shape index (κ3) is 5.05. The number of ether oxygens (including phenoxy) is 1. The zero-order valence-electron chi connectivity index (χ0n) is 12.9. The molecule has 0 saturated heterocycles. The minimum Gasteiger partial charge on any atom is -0.377 e. The summed E-state index contributed by atoms with van der Waals surface area (Å²) in [5, 5.41) is 0.933. The highest BCUT2D eigenvalue weighted by Crippen LogP contribution is 2.15. The Bertz CT molecular complexity index is 729. The van der Waals surface area contributed by atoms with Gasteiger partial charge >= 0.3 is 0 Å². The van der Waals surface area contributed by atoms with E-state index in [1.165, 1.54) is 0 Å². The van der Waals surface area contributed by atoms with Gasteiger partial charge in [0.2, 0.25) is 0 Å². The van der Waals surface area contributed by atoms with Gasteiger partial charge in [-0.25, -0.2) is 8.42 Å². The summed E-state index contributed by atoms with van der Waals surface area (Å²) >= 11 is 0. The van der Waals surface area contributed by atoms with Crippen LogP contribution >= 0.6 is 0 Å². The van der Waals surface area contributed by atoms with Crippen LogP contribution in [-0.2, 0) is 20.3 Å². The van der Waals surface area contributed by atoms with Gasteiger partial charge in [-0.15, -0.1) is 0 Å². The second-order valence-corrected chi connectivity index (χ2v) is 7.84. The quantitative estimate of drug-likeness (QED) is 0.842. The third-order valence-corrected chi connectivity index (χ3v) is 4.85. The van der Waals surface area contributed by atoms with Crippen molar-refractivity contribution in [3.05, 3.63) is 42.1 Å². The SMILES string of the molecule is CC(C)OC[C@H](N)CS(=O)(=O)Cc1cnc2ccccc2c1. The van der Waals surface area contributed by atoms with Gasteiger partial charge in [0, 0.05) is 17.6 Å². The van der Waals surface area contributed by atoms with E-state index in [-0.39, 0.29) is 24.2 Å². The summed E-state index contributed by atoms with van der Waals surface area (Å²) in [7, 11) is -3.30. The maximum Gasteiger partial charge on any atom is 0.156 e. The van der Waals surface area contributed by atoms with Gasteiger partial charge in [0.15, 0.2) is 9.84 Å². The number of nitrogens with zero attached hydrogens (tertiary/aromatic N) is 1. The van der Waals surface area contributed by atoms with Crippen molar-refractivity contribution in [3.8, 4) is 0 Å². The lowest BCUT2D eigenvalue weighted by Gasteiger charge is -2.14. The Morgan fingerprint density at radius 2 is 2.00 bits per heavy atom. The summed E-state index contributed by atoms with van der Waals surface area (Å²) in [5.41, 5.74) is 7.36. The van der Waals surface area contributed by atoms with Crippen molar-refractivity contribution in [2.75, 3.05) is 12.4 Å². The number of hydrogen-bond acceptors (Lipinski definition) is 5. The lowest BCUT2D eigenvalue weighted by atomic mass is 10.2. The van der Waals surface area contributed by atoms with Crippen LogP contribution in [0.4, 0.5) is 0 Å². The molecule has 0 spiro atoms. The van der Waals surface area contributed by atoms with Gasteiger partial charge in [0.25, 0.3) is 0 Å². The number of aromatic nitrogens is 1. The summed E-state index contributed by atoms with van der Waals surface area (Å²) in [6.45, 7) is 4.02. The molecule has 1 aromatic heterocycles. The van der Waals surface area contributed by atoms with E-state index in [0.29, 0.717) is 5.56 Å². The molecule has 2 rings (SSSR count). The summed E-state index contributed by atoms with van der Waals surface area (Å²) in [6, 6.07) is 8.96. The molecular formula is C16H22N2O3S. The second-order valence-electron chi connectivity index (χ2n) is 5.73. The monoisotopic (exact) mass is 322 g/mol. The summed E-state index contributed by atoms with van der Waals surface area (Å²) < 4.78 is 29.8. The van der Waals surface area contributed by atoms with Crippen molar-refractivity contribution in [3.63, 3.8) is 0 Å². The van der Waals surface area contributed by atoms with E-state index in [1.807, 2.05) is 44.2 Å². The van der Waals surface area contributed by atoms with E-state index in [0.717, 1.165) is 10.9 Å². The molecule has 0 radical (unpaired) electrons. The van der Waals surface area contributed by atoms with Gasteiger partial charge in [-0.1, -0.05) is 18.2 Å². The largest absolute Gasteiger partial charge is 0.377 e. The summed E-state index contributed by atoms with van der Waals surface area (Å²) in [5.74, 6) is -0.146. The van der Waals surface area contributed by atoms with Crippen LogP contribution < -0.4 is 5.73 Å². The molecule has 1 aromatic carbocycles. The van der Waals surface area contributed by atoms with Gasteiger partial charge in [0.05, 0.1) is 29.7 Å². The van der Waals surface area contributed by atoms with E-state index in [4.69, 9.17) is 10.5 Å². The Balaban J connectivity index is 2.03. The number of hydrogen-bond donors (Lipinski definition) is 1. The Hall–Kier alpha value is -1.50. The fraction of sp³-hybridized carbons (Fsp3) is 0.438. The maximum atomic E-state index is 12.2. The maximum absolute atomic E-state index is 12.2. The molecule has 2 aromatic rings. The van der Waals surface area contributed by atoms with Gasteiger partial charge in [-0.3, -0.25) is 4.98 Å². The second kappa shape index (κ2) is 7.17. The third-order valence-electron chi connectivity index (χ3n) is 3.15. The van der Waals surface area contributed by atoms with Crippen LogP contribution in [0.3, 0.4) is 0 Å². The van der Waals surface area contributed by atoms with Crippen LogP contribution in [0.25, 0.3) is 10.9 Å². The number of nitrogens with two attached hydrogens (primary N) is 1. The first-order valence-electron chi connectivity index (χ1n) is 7.27. The Labute approximate surface area is 131 Å². The van der Waals surface area contributed by atoms with E-state index in [2.05, 4.69) is 4.98 Å². The average Bonchev–Trinajstić information content (AvgIpc) is 2.44. The molecule has 1 heterocycles. The fourth-order valence-electron chi connectivity index (χ4n) is 2.20. The lowest BCUT2D eigenvalue weighted by Crippen LogP contribution is -2.35. The highest BCUT2D eigenvalue weighted by molar-refractivity contribution is 7.90. The first-order valence-corrected chi connectivity index (χ1v) is 9.09. The molecule has 0 aliphatic rings. The molecular weight excluding hydrogens is 300 g/mol. The van der Waals surface area contributed by atoms with Crippen molar-refractivity contribution in [1.29, 1.82) is 0 Å². The molecule has 2 N–H and O–H groups in total. The normalized spacial score (nSPS) is 13.6. The molecule has 120 valence electrons. The van der Waals surface area contributed by atoms with Crippen molar-refractivity contribution in [2.24, 2.45) is 5.73 Å². The fourth-order valence-corrected chi connectivity index (χ4v) is 3.73. The number of benzene rings is 1. The van der Waals surface area contributed by atoms with Gasteiger partial charge in [-0.05, 0) is 31.5 Å². The number of rotatable bonds is 7. The summed E-state index contributed by atoms with van der Waals surface area (Å²) in [4.78, 5) is 4.28. The predicted octanol–water partition coefficient (Wildman–Crippen LogP) is 1.90. The molecule has 6 heteroatoms. The van der Waals surface area contributed by atoms with Crippen LogP contribution in [0.2, 0.25) is 0 Å². The smallest absolute Gasteiger partial charge is 0.156 e. The number of pyridine rings is 1. The lowest BCUT2D eigenvalue weighted by molar-refractivity contribution is 0.0717. The Kier molecular flexibility index (Phi) is 5.50. The van der Waals surface area contributed by atoms with E-state index >= 15 is 0 Å². The Morgan fingerprint density at radius 3 is 2.73 bits per heavy atom. The van der Waals surface area contributed by atoms with Crippen molar-refractivity contribution < 1.29 is 13.2 Å². The van der Waals surface area contributed by atoms with E-state index in [1.54, 1.807) is 6.20 Å². The number of para-hydroxylation sites is 1. The topological polar surface area (TPSA) is 82.3 Å². The predicted molar refractivity (Wildman–Crippen MR) is 88.3 cm³/mol. The van der Waals surface area contributed by atoms with Gasteiger partial charge in [0.1, 0.15) is 0 Å². The minimum absolute atomic E-state index is 0.0402.